The van der Waals surface area contributed by atoms with Gasteiger partial charge in [-0.3, -0.25) is 0 Å². The van der Waals surface area contributed by atoms with Gasteiger partial charge in [0.15, 0.2) is 0 Å². The highest BCUT2D eigenvalue weighted by Gasteiger charge is 2.26. The van der Waals surface area contributed by atoms with Crippen LogP contribution in [0.25, 0.3) is 0 Å². The number of nitrogens with two attached hydrogens (primary N) is 1. The second-order valence-corrected chi connectivity index (χ2v) is 4.02. The fourth-order valence-corrected chi connectivity index (χ4v) is 1.96. The Balaban J connectivity index is 2.06. The Kier molecular flexibility index (Phi) is 2.36. The van der Waals surface area contributed by atoms with E-state index in [1.54, 1.807) is 0 Å². The van der Waals surface area contributed by atoms with E-state index in [4.69, 9.17) is 5.73 Å². The summed E-state index contributed by atoms with van der Waals surface area (Å²) in [5.41, 5.74) is 8.66. The van der Waals surface area contributed by atoms with E-state index in [-0.39, 0.29) is 0 Å². The molecule has 0 aliphatic heterocycles. The highest BCUT2D eigenvalue weighted by molar-refractivity contribution is 5.27. The third kappa shape index (κ3) is 1.75. The minimum Gasteiger partial charge on any atom is -0.328 e. The first-order valence-electron chi connectivity index (χ1n) is 5.14. The van der Waals surface area contributed by atoms with Gasteiger partial charge in [0.05, 0.1) is 0 Å². The first-order chi connectivity index (χ1) is 6.29. The zero-order valence-corrected chi connectivity index (χ0v) is 8.16. The molecule has 0 unspecified atom stereocenters. The van der Waals surface area contributed by atoms with Crippen molar-refractivity contribution in [2.45, 2.75) is 38.1 Å². The van der Waals surface area contributed by atoms with E-state index < -0.39 is 0 Å². The predicted molar refractivity (Wildman–Crippen MR) is 55.8 cm³/mol. The van der Waals surface area contributed by atoms with Crippen molar-refractivity contribution in [1.29, 1.82) is 0 Å². The summed E-state index contributed by atoms with van der Waals surface area (Å²) in [6.07, 6.45) is 3.47. The SMILES string of the molecule is CCc1ccc(C2CC(N)C2)cc1. The normalized spacial score (nSPS) is 26.9. The monoisotopic (exact) mass is 175 g/mol. The van der Waals surface area contributed by atoms with Crippen LogP contribution in [0.2, 0.25) is 0 Å². The molecule has 0 heterocycles. The number of rotatable bonds is 2. The van der Waals surface area contributed by atoms with Crippen LogP contribution in [0.3, 0.4) is 0 Å². The van der Waals surface area contributed by atoms with Gasteiger partial charge < -0.3 is 5.73 Å². The third-order valence-corrected chi connectivity index (χ3v) is 3.03. The third-order valence-electron chi connectivity index (χ3n) is 3.03. The fraction of sp³-hybridized carbons (Fsp3) is 0.500. The lowest BCUT2D eigenvalue weighted by molar-refractivity contribution is 0.351. The van der Waals surface area contributed by atoms with Crippen LogP contribution in [-0.4, -0.2) is 6.04 Å². The van der Waals surface area contributed by atoms with Gasteiger partial charge in [-0.05, 0) is 36.3 Å². The molecule has 1 aliphatic carbocycles. The van der Waals surface area contributed by atoms with E-state index in [1.165, 1.54) is 24.0 Å². The molecule has 0 aromatic heterocycles. The molecule has 13 heavy (non-hydrogen) atoms. The van der Waals surface area contributed by atoms with Crippen molar-refractivity contribution < 1.29 is 0 Å². The van der Waals surface area contributed by atoms with Crippen molar-refractivity contribution in [3.8, 4) is 0 Å². The number of aryl methyl sites for hydroxylation is 1. The molecule has 2 N–H and O–H groups in total. The van der Waals surface area contributed by atoms with Crippen LogP contribution in [0.1, 0.15) is 36.8 Å². The van der Waals surface area contributed by atoms with Crippen LogP contribution in [0.4, 0.5) is 0 Å². The smallest absolute Gasteiger partial charge is 0.00504 e. The number of hydrogen-bond donors (Lipinski definition) is 1. The van der Waals surface area contributed by atoms with Crippen LogP contribution in [0, 0.1) is 0 Å². The standard InChI is InChI=1S/C12H17N/c1-2-9-3-5-10(6-4-9)11-7-12(13)8-11/h3-6,11-12H,2,7-8,13H2,1H3. The zero-order chi connectivity index (χ0) is 9.26. The highest BCUT2D eigenvalue weighted by Crippen LogP contribution is 2.35. The maximum Gasteiger partial charge on any atom is 0.00504 e. The Labute approximate surface area is 80.0 Å². The van der Waals surface area contributed by atoms with E-state index in [0.717, 1.165) is 12.3 Å². The highest BCUT2D eigenvalue weighted by atomic mass is 14.7. The first kappa shape index (κ1) is 8.76. The molecular formula is C12H17N. The van der Waals surface area contributed by atoms with E-state index in [0.29, 0.717) is 6.04 Å². The average molecular weight is 175 g/mol. The van der Waals surface area contributed by atoms with Gasteiger partial charge in [-0.1, -0.05) is 31.2 Å². The largest absolute Gasteiger partial charge is 0.328 e. The Morgan fingerprint density at radius 2 is 1.85 bits per heavy atom. The topological polar surface area (TPSA) is 26.0 Å². The molecule has 1 nitrogen and oxygen atoms in total. The summed E-state index contributed by atoms with van der Waals surface area (Å²) in [4.78, 5) is 0. The lowest BCUT2D eigenvalue weighted by atomic mass is 9.76. The number of hydrogen-bond acceptors (Lipinski definition) is 1. The average Bonchev–Trinajstić information content (AvgIpc) is 2.13. The van der Waals surface area contributed by atoms with Crippen LogP contribution in [-0.2, 0) is 6.42 Å². The lowest BCUT2D eigenvalue weighted by Gasteiger charge is -2.32. The van der Waals surface area contributed by atoms with E-state index in [1.807, 2.05) is 0 Å². The van der Waals surface area contributed by atoms with Gasteiger partial charge in [0.25, 0.3) is 0 Å². The predicted octanol–water partition coefficient (Wildman–Crippen LogP) is 2.45. The number of benzene rings is 1. The zero-order valence-electron chi connectivity index (χ0n) is 8.16. The Bertz CT molecular complexity index is 270. The second kappa shape index (κ2) is 3.51. The quantitative estimate of drug-likeness (QED) is 0.734. The summed E-state index contributed by atoms with van der Waals surface area (Å²) in [7, 11) is 0. The van der Waals surface area contributed by atoms with Crippen molar-refractivity contribution in [2.24, 2.45) is 5.73 Å². The second-order valence-electron chi connectivity index (χ2n) is 4.02. The molecule has 1 fully saturated rings. The van der Waals surface area contributed by atoms with E-state index in [2.05, 4.69) is 31.2 Å². The van der Waals surface area contributed by atoms with Gasteiger partial charge in [-0.2, -0.15) is 0 Å². The molecule has 0 spiro atoms. The summed E-state index contributed by atoms with van der Waals surface area (Å²) in [5, 5.41) is 0. The van der Waals surface area contributed by atoms with Gasteiger partial charge in [0.2, 0.25) is 0 Å². The molecule has 0 bridgehead atoms. The molecule has 0 radical (unpaired) electrons. The van der Waals surface area contributed by atoms with Crippen molar-refractivity contribution in [3.05, 3.63) is 35.4 Å². The molecule has 1 saturated carbocycles. The summed E-state index contributed by atoms with van der Waals surface area (Å²) in [6, 6.07) is 9.44. The molecule has 2 rings (SSSR count). The molecular weight excluding hydrogens is 158 g/mol. The fourth-order valence-electron chi connectivity index (χ4n) is 1.96. The van der Waals surface area contributed by atoms with Crippen molar-refractivity contribution >= 4 is 0 Å². The van der Waals surface area contributed by atoms with Crippen LogP contribution in [0.5, 0.6) is 0 Å². The summed E-state index contributed by atoms with van der Waals surface area (Å²) >= 11 is 0. The van der Waals surface area contributed by atoms with Crippen molar-refractivity contribution in [1.82, 2.24) is 0 Å². The van der Waals surface area contributed by atoms with Gasteiger partial charge >= 0.3 is 0 Å². The summed E-state index contributed by atoms with van der Waals surface area (Å²) in [6.45, 7) is 2.19. The minimum atomic E-state index is 0.454. The molecule has 1 heteroatoms. The molecule has 0 saturated heterocycles. The summed E-state index contributed by atoms with van der Waals surface area (Å²) in [5.74, 6) is 0.737. The van der Waals surface area contributed by atoms with Crippen molar-refractivity contribution in [3.63, 3.8) is 0 Å². The van der Waals surface area contributed by atoms with Gasteiger partial charge in [-0.15, -0.1) is 0 Å². The van der Waals surface area contributed by atoms with E-state index in [9.17, 15) is 0 Å². The Morgan fingerprint density at radius 1 is 1.23 bits per heavy atom. The molecule has 0 amide bonds. The molecule has 1 aromatic rings. The molecule has 1 aromatic carbocycles. The van der Waals surface area contributed by atoms with Crippen LogP contribution < -0.4 is 5.73 Å². The van der Waals surface area contributed by atoms with Gasteiger partial charge in [0, 0.05) is 6.04 Å². The van der Waals surface area contributed by atoms with Crippen LogP contribution in [0.15, 0.2) is 24.3 Å². The van der Waals surface area contributed by atoms with Gasteiger partial charge in [0.1, 0.15) is 0 Å². The lowest BCUT2D eigenvalue weighted by Crippen LogP contribution is -2.34. The van der Waals surface area contributed by atoms with Crippen LogP contribution >= 0.6 is 0 Å². The first-order valence-corrected chi connectivity index (χ1v) is 5.14. The minimum absolute atomic E-state index is 0.454. The maximum absolute atomic E-state index is 5.76. The molecule has 70 valence electrons. The van der Waals surface area contributed by atoms with Crippen molar-refractivity contribution in [2.75, 3.05) is 0 Å². The molecule has 1 aliphatic rings. The molecule has 0 atom stereocenters. The van der Waals surface area contributed by atoms with Gasteiger partial charge in [-0.25, -0.2) is 0 Å². The Morgan fingerprint density at radius 3 is 2.31 bits per heavy atom. The van der Waals surface area contributed by atoms with E-state index >= 15 is 0 Å². The maximum atomic E-state index is 5.76. The Hall–Kier alpha value is -0.820. The summed E-state index contributed by atoms with van der Waals surface area (Å²) < 4.78 is 0.